The van der Waals surface area contributed by atoms with Gasteiger partial charge in [0.1, 0.15) is 9.88 Å². The molecule has 3 nitrogen and oxygen atoms in total. The van der Waals surface area contributed by atoms with Gasteiger partial charge < -0.3 is 5.11 Å². The standard InChI is InChI=1S/C14H13Cl2NO2S/c1-7-11(12(18)19)20-13(17-7)14(2,3)9-5-4-8(15)6-10(9)16/h4-6H,1-3H3,(H,18,19). The van der Waals surface area contributed by atoms with Gasteiger partial charge in [0.2, 0.25) is 0 Å². The predicted molar refractivity (Wildman–Crippen MR) is 82.4 cm³/mol. The number of carboxylic acids is 1. The zero-order chi connectivity index (χ0) is 15.1. The fourth-order valence-corrected chi connectivity index (χ4v) is 3.64. The van der Waals surface area contributed by atoms with Crippen LogP contribution in [0.5, 0.6) is 0 Å². The first kappa shape index (κ1) is 15.3. The van der Waals surface area contributed by atoms with Crippen LogP contribution in [-0.2, 0) is 5.41 Å². The van der Waals surface area contributed by atoms with E-state index < -0.39 is 11.4 Å². The molecule has 2 aromatic rings. The number of hydrogen-bond donors (Lipinski definition) is 1. The maximum Gasteiger partial charge on any atom is 0.347 e. The summed E-state index contributed by atoms with van der Waals surface area (Å²) in [7, 11) is 0. The molecular formula is C14H13Cl2NO2S. The van der Waals surface area contributed by atoms with Gasteiger partial charge in [-0.05, 0) is 38.5 Å². The van der Waals surface area contributed by atoms with Gasteiger partial charge in [-0.2, -0.15) is 0 Å². The maximum atomic E-state index is 11.1. The first-order valence-corrected chi connectivity index (χ1v) is 7.47. The lowest BCUT2D eigenvalue weighted by Gasteiger charge is -2.24. The molecular weight excluding hydrogens is 317 g/mol. The molecule has 0 saturated carbocycles. The van der Waals surface area contributed by atoms with Crippen molar-refractivity contribution in [2.24, 2.45) is 0 Å². The molecule has 1 aromatic heterocycles. The molecule has 6 heteroatoms. The van der Waals surface area contributed by atoms with Crippen LogP contribution in [0.2, 0.25) is 10.0 Å². The Morgan fingerprint density at radius 1 is 1.35 bits per heavy atom. The molecule has 0 unspecified atom stereocenters. The number of halogens is 2. The van der Waals surface area contributed by atoms with Crippen molar-refractivity contribution in [2.75, 3.05) is 0 Å². The van der Waals surface area contributed by atoms with E-state index in [0.717, 1.165) is 10.6 Å². The van der Waals surface area contributed by atoms with Crippen molar-refractivity contribution >= 4 is 40.5 Å². The number of aromatic nitrogens is 1. The van der Waals surface area contributed by atoms with Gasteiger partial charge >= 0.3 is 5.97 Å². The van der Waals surface area contributed by atoms with Crippen molar-refractivity contribution in [3.63, 3.8) is 0 Å². The number of aromatic carboxylic acids is 1. The fraction of sp³-hybridized carbons (Fsp3) is 0.286. The Balaban J connectivity index is 2.54. The summed E-state index contributed by atoms with van der Waals surface area (Å²) < 4.78 is 0. The average molecular weight is 330 g/mol. The molecule has 20 heavy (non-hydrogen) atoms. The highest BCUT2D eigenvalue weighted by Crippen LogP contribution is 2.39. The topological polar surface area (TPSA) is 50.2 Å². The van der Waals surface area contributed by atoms with Crippen LogP contribution in [0.1, 0.15) is 39.8 Å². The highest BCUT2D eigenvalue weighted by Gasteiger charge is 2.31. The van der Waals surface area contributed by atoms with E-state index in [-0.39, 0.29) is 4.88 Å². The van der Waals surface area contributed by atoms with Crippen molar-refractivity contribution < 1.29 is 9.90 Å². The van der Waals surface area contributed by atoms with E-state index in [2.05, 4.69) is 4.98 Å². The molecule has 0 aliphatic heterocycles. The molecule has 0 aliphatic rings. The number of rotatable bonds is 3. The van der Waals surface area contributed by atoms with Gasteiger partial charge in [0.05, 0.1) is 5.69 Å². The second kappa shape index (κ2) is 5.35. The molecule has 0 bridgehead atoms. The van der Waals surface area contributed by atoms with E-state index in [1.54, 1.807) is 19.1 Å². The molecule has 106 valence electrons. The molecule has 1 N–H and O–H groups in total. The van der Waals surface area contributed by atoms with Crippen LogP contribution in [0, 0.1) is 6.92 Å². The molecule has 0 aliphatic carbocycles. The van der Waals surface area contributed by atoms with E-state index in [1.807, 2.05) is 19.9 Å². The van der Waals surface area contributed by atoms with E-state index >= 15 is 0 Å². The lowest BCUT2D eigenvalue weighted by atomic mass is 9.85. The molecule has 0 fully saturated rings. The van der Waals surface area contributed by atoms with Gasteiger partial charge in [0, 0.05) is 15.5 Å². The SMILES string of the molecule is Cc1nc(C(C)(C)c2ccc(Cl)cc2Cl)sc1C(=O)O. The van der Waals surface area contributed by atoms with Crippen molar-refractivity contribution in [2.45, 2.75) is 26.2 Å². The molecule has 0 saturated heterocycles. The van der Waals surface area contributed by atoms with Crippen LogP contribution in [-0.4, -0.2) is 16.1 Å². The Morgan fingerprint density at radius 3 is 2.50 bits per heavy atom. The van der Waals surface area contributed by atoms with Gasteiger partial charge in [-0.1, -0.05) is 29.3 Å². The average Bonchev–Trinajstić information content (AvgIpc) is 2.71. The third kappa shape index (κ3) is 2.68. The summed E-state index contributed by atoms with van der Waals surface area (Å²) in [5.74, 6) is -0.954. The Morgan fingerprint density at radius 2 is 2.00 bits per heavy atom. The third-order valence-electron chi connectivity index (χ3n) is 3.13. The number of carboxylic acid groups (broad SMARTS) is 1. The zero-order valence-corrected chi connectivity index (χ0v) is 13.5. The Kier molecular flexibility index (Phi) is 4.09. The minimum absolute atomic E-state index is 0.262. The van der Waals surface area contributed by atoms with Crippen LogP contribution >= 0.6 is 34.5 Å². The third-order valence-corrected chi connectivity index (χ3v) is 5.15. The van der Waals surface area contributed by atoms with Crippen LogP contribution in [0.25, 0.3) is 0 Å². The van der Waals surface area contributed by atoms with Crippen LogP contribution < -0.4 is 0 Å². The normalized spacial score (nSPS) is 11.7. The van der Waals surface area contributed by atoms with Crippen molar-refractivity contribution in [3.8, 4) is 0 Å². The first-order valence-electron chi connectivity index (χ1n) is 5.90. The van der Waals surface area contributed by atoms with Crippen LogP contribution in [0.4, 0.5) is 0 Å². The van der Waals surface area contributed by atoms with Crippen molar-refractivity contribution in [3.05, 3.63) is 49.4 Å². The summed E-state index contributed by atoms with van der Waals surface area (Å²) in [6.45, 7) is 5.63. The van der Waals surface area contributed by atoms with Crippen LogP contribution in [0.15, 0.2) is 18.2 Å². The second-order valence-electron chi connectivity index (χ2n) is 4.99. The number of hydrogen-bond acceptors (Lipinski definition) is 3. The Hall–Kier alpha value is -1.10. The summed E-state index contributed by atoms with van der Waals surface area (Å²) in [5, 5.41) is 11.0. The summed E-state index contributed by atoms with van der Waals surface area (Å²) in [4.78, 5) is 15.8. The van der Waals surface area contributed by atoms with Crippen molar-refractivity contribution in [1.29, 1.82) is 0 Å². The minimum atomic E-state index is -0.954. The number of aryl methyl sites for hydroxylation is 1. The summed E-state index contributed by atoms with van der Waals surface area (Å²) >= 11 is 13.3. The molecule has 0 spiro atoms. The first-order chi connectivity index (χ1) is 9.23. The van der Waals surface area contributed by atoms with Gasteiger partial charge in [-0.25, -0.2) is 9.78 Å². The number of carbonyl (C=O) groups is 1. The molecule has 0 amide bonds. The Labute approximate surface area is 131 Å². The number of benzene rings is 1. The van der Waals surface area contributed by atoms with Gasteiger partial charge in [-0.15, -0.1) is 11.3 Å². The van der Waals surface area contributed by atoms with Crippen LogP contribution in [0.3, 0.4) is 0 Å². The fourth-order valence-electron chi connectivity index (χ4n) is 1.97. The Bertz CT molecular complexity index is 680. The number of thiazole rings is 1. The molecule has 2 rings (SSSR count). The molecule has 0 atom stereocenters. The molecule has 0 radical (unpaired) electrons. The van der Waals surface area contributed by atoms with E-state index in [4.69, 9.17) is 28.3 Å². The smallest absolute Gasteiger partial charge is 0.347 e. The lowest BCUT2D eigenvalue weighted by Crippen LogP contribution is -2.19. The summed E-state index contributed by atoms with van der Waals surface area (Å²) in [5.41, 5.74) is 0.912. The van der Waals surface area contributed by atoms with E-state index in [0.29, 0.717) is 15.7 Å². The monoisotopic (exact) mass is 329 g/mol. The molecule has 1 heterocycles. The lowest BCUT2D eigenvalue weighted by molar-refractivity contribution is 0.0701. The second-order valence-corrected chi connectivity index (χ2v) is 6.83. The predicted octanol–water partition coefficient (Wildman–Crippen LogP) is 4.78. The maximum absolute atomic E-state index is 11.1. The summed E-state index contributed by atoms with van der Waals surface area (Å²) in [6.07, 6.45) is 0. The van der Waals surface area contributed by atoms with Gasteiger partial charge in [0.15, 0.2) is 0 Å². The minimum Gasteiger partial charge on any atom is -0.477 e. The number of nitrogens with zero attached hydrogens (tertiary/aromatic N) is 1. The summed E-state index contributed by atoms with van der Waals surface area (Å²) in [6, 6.07) is 5.30. The molecule has 1 aromatic carbocycles. The van der Waals surface area contributed by atoms with Gasteiger partial charge in [0.25, 0.3) is 0 Å². The highest BCUT2D eigenvalue weighted by molar-refractivity contribution is 7.13. The largest absolute Gasteiger partial charge is 0.477 e. The quantitative estimate of drug-likeness (QED) is 0.881. The zero-order valence-electron chi connectivity index (χ0n) is 11.2. The van der Waals surface area contributed by atoms with E-state index in [9.17, 15) is 4.79 Å². The van der Waals surface area contributed by atoms with Crippen molar-refractivity contribution in [1.82, 2.24) is 4.98 Å². The van der Waals surface area contributed by atoms with Gasteiger partial charge in [-0.3, -0.25) is 0 Å². The van der Waals surface area contributed by atoms with E-state index in [1.165, 1.54) is 11.3 Å². The highest BCUT2D eigenvalue weighted by atomic mass is 35.5.